The first-order valence-electron chi connectivity index (χ1n) is 7.46. The van der Waals surface area contributed by atoms with Gasteiger partial charge in [-0.25, -0.2) is 0 Å². The van der Waals surface area contributed by atoms with Crippen LogP contribution in [0.1, 0.15) is 43.6 Å². The Labute approximate surface area is 126 Å². The van der Waals surface area contributed by atoms with Crippen molar-refractivity contribution in [3.05, 3.63) is 34.9 Å². The van der Waals surface area contributed by atoms with E-state index in [0.29, 0.717) is 24.1 Å². The highest BCUT2D eigenvalue weighted by Gasteiger charge is 2.23. The summed E-state index contributed by atoms with van der Waals surface area (Å²) >= 11 is 6.20. The molecule has 1 aromatic rings. The van der Waals surface area contributed by atoms with Gasteiger partial charge in [0.25, 0.3) is 0 Å². The van der Waals surface area contributed by atoms with E-state index in [0.717, 1.165) is 31.4 Å². The molecule has 1 aliphatic heterocycles. The molecular weight excluding hydrogens is 274 g/mol. The summed E-state index contributed by atoms with van der Waals surface area (Å²) in [4.78, 5) is 0. The maximum absolute atomic E-state index is 10.4. The maximum Gasteiger partial charge on any atom is 0.0622 e. The van der Waals surface area contributed by atoms with Crippen LogP contribution in [0.3, 0.4) is 0 Å². The molecular formula is C16H24ClNO2. The van der Waals surface area contributed by atoms with Crippen LogP contribution in [0.25, 0.3) is 0 Å². The summed E-state index contributed by atoms with van der Waals surface area (Å²) in [5.41, 5.74) is 6.77. The zero-order valence-electron chi connectivity index (χ0n) is 11.8. The normalized spacial score (nSPS) is 22.4. The van der Waals surface area contributed by atoms with Crippen LogP contribution >= 0.6 is 11.6 Å². The Hall–Kier alpha value is -0.610. The van der Waals surface area contributed by atoms with Crippen LogP contribution in [0, 0.1) is 0 Å². The minimum absolute atomic E-state index is 0.104. The largest absolute Gasteiger partial charge is 0.392 e. The second kappa shape index (κ2) is 7.99. The van der Waals surface area contributed by atoms with Crippen LogP contribution in [0.5, 0.6) is 0 Å². The second-order valence-corrected chi connectivity index (χ2v) is 5.90. The van der Waals surface area contributed by atoms with Gasteiger partial charge in [0.1, 0.15) is 0 Å². The van der Waals surface area contributed by atoms with Gasteiger partial charge in [0.2, 0.25) is 0 Å². The van der Waals surface area contributed by atoms with Gasteiger partial charge >= 0.3 is 0 Å². The molecule has 1 fully saturated rings. The zero-order chi connectivity index (χ0) is 14.4. The van der Waals surface area contributed by atoms with Gasteiger partial charge in [-0.3, -0.25) is 0 Å². The van der Waals surface area contributed by atoms with Crippen molar-refractivity contribution in [3.63, 3.8) is 0 Å². The molecule has 1 aromatic carbocycles. The molecule has 1 aliphatic rings. The molecule has 1 heterocycles. The summed E-state index contributed by atoms with van der Waals surface area (Å²) in [7, 11) is 0. The van der Waals surface area contributed by atoms with Crippen LogP contribution < -0.4 is 5.73 Å². The van der Waals surface area contributed by atoms with Gasteiger partial charge in [0, 0.05) is 24.1 Å². The van der Waals surface area contributed by atoms with Crippen molar-refractivity contribution in [2.45, 2.75) is 50.2 Å². The van der Waals surface area contributed by atoms with E-state index in [1.54, 1.807) is 0 Å². The predicted molar refractivity (Wildman–Crippen MR) is 82.1 cm³/mol. The fourth-order valence-corrected chi connectivity index (χ4v) is 3.14. The Morgan fingerprint density at radius 3 is 2.80 bits per heavy atom. The Bertz CT molecular complexity index is 407. The van der Waals surface area contributed by atoms with Crippen molar-refractivity contribution in [1.29, 1.82) is 0 Å². The third kappa shape index (κ3) is 4.19. The summed E-state index contributed by atoms with van der Waals surface area (Å²) in [6.45, 7) is 1.25. The van der Waals surface area contributed by atoms with Crippen molar-refractivity contribution in [2.75, 3.05) is 13.2 Å². The number of benzene rings is 1. The molecule has 112 valence electrons. The van der Waals surface area contributed by atoms with Crippen molar-refractivity contribution >= 4 is 11.6 Å². The smallest absolute Gasteiger partial charge is 0.0622 e. The maximum atomic E-state index is 10.4. The molecule has 0 radical (unpaired) electrons. The van der Waals surface area contributed by atoms with Gasteiger partial charge < -0.3 is 15.6 Å². The molecule has 4 heteroatoms. The standard InChI is InChI=1S/C16H24ClNO2/c17-15-7-2-1-6-13(15)14(11-18)16(19)9-8-12-5-3-4-10-20-12/h1-2,6-7,12,14,16,19H,3-5,8-11,18H2. The van der Waals surface area contributed by atoms with E-state index in [1.165, 1.54) is 6.42 Å². The van der Waals surface area contributed by atoms with E-state index in [1.807, 2.05) is 24.3 Å². The van der Waals surface area contributed by atoms with Gasteiger partial charge in [0.05, 0.1) is 12.2 Å². The SMILES string of the molecule is NCC(c1ccccc1Cl)C(O)CCC1CCCCO1. The number of halogens is 1. The van der Waals surface area contributed by atoms with Crippen molar-refractivity contribution < 1.29 is 9.84 Å². The average molecular weight is 298 g/mol. The second-order valence-electron chi connectivity index (χ2n) is 5.50. The summed E-state index contributed by atoms with van der Waals surface area (Å²) in [6.07, 6.45) is 4.91. The van der Waals surface area contributed by atoms with Crippen LogP contribution in [-0.4, -0.2) is 30.5 Å². The molecule has 0 bridgehead atoms. The molecule has 3 atom stereocenters. The zero-order valence-corrected chi connectivity index (χ0v) is 12.6. The molecule has 2 rings (SSSR count). The van der Waals surface area contributed by atoms with Crippen LogP contribution in [0.15, 0.2) is 24.3 Å². The Balaban J connectivity index is 1.91. The van der Waals surface area contributed by atoms with E-state index in [-0.39, 0.29) is 5.92 Å². The lowest BCUT2D eigenvalue weighted by atomic mass is 9.89. The fourth-order valence-electron chi connectivity index (χ4n) is 2.86. The molecule has 1 saturated heterocycles. The number of hydrogen-bond acceptors (Lipinski definition) is 3. The summed E-state index contributed by atoms with van der Waals surface area (Å²) in [5.74, 6) is -0.104. The van der Waals surface area contributed by atoms with E-state index in [9.17, 15) is 5.11 Å². The van der Waals surface area contributed by atoms with Crippen LogP contribution in [0.2, 0.25) is 5.02 Å². The molecule has 0 aliphatic carbocycles. The van der Waals surface area contributed by atoms with E-state index in [4.69, 9.17) is 22.1 Å². The van der Waals surface area contributed by atoms with E-state index < -0.39 is 6.10 Å². The highest BCUT2D eigenvalue weighted by atomic mass is 35.5. The van der Waals surface area contributed by atoms with Crippen LogP contribution in [-0.2, 0) is 4.74 Å². The average Bonchev–Trinajstić information content (AvgIpc) is 2.49. The third-order valence-corrected chi connectivity index (χ3v) is 4.43. The molecule has 20 heavy (non-hydrogen) atoms. The van der Waals surface area contributed by atoms with E-state index in [2.05, 4.69) is 0 Å². The van der Waals surface area contributed by atoms with Crippen molar-refractivity contribution in [1.82, 2.24) is 0 Å². The van der Waals surface area contributed by atoms with Gasteiger partial charge in [-0.15, -0.1) is 0 Å². The fraction of sp³-hybridized carbons (Fsp3) is 0.625. The molecule has 0 spiro atoms. The predicted octanol–water partition coefficient (Wildman–Crippen LogP) is 3.09. The number of nitrogens with two attached hydrogens (primary N) is 1. The number of aliphatic hydroxyl groups excluding tert-OH is 1. The Kier molecular flexibility index (Phi) is 6.30. The van der Waals surface area contributed by atoms with E-state index >= 15 is 0 Å². The Morgan fingerprint density at radius 1 is 1.35 bits per heavy atom. The Morgan fingerprint density at radius 2 is 2.15 bits per heavy atom. The lowest BCUT2D eigenvalue weighted by Gasteiger charge is -2.26. The molecule has 3 nitrogen and oxygen atoms in total. The first-order valence-corrected chi connectivity index (χ1v) is 7.84. The highest BCUT2D eigenvalue weighted by molar-refractivity contribution is 6.31. The van der Waals surface area contributed by atoms with Gasteiger partial charge in [-0.2, -0.15) is 0 Å². The first-order chi connectivity index (χ1) is 9.72. The third-order valence-electron chi connectivity index (χ3n) is 4.08. The summed E-state index contributed by atoms with van der Waals surface area (Å²) in [6, 6.07) is 7.61. The van der Waals surface area contributed by atoms with Crippen molar-refractivity contribution in [3.8, 4) is 0 Å². The van der Waals surface area contributed by atoms with Gasteiger partial charge in [-0.1, -0.05) is 29.8 Å². The monoisotopic (exact) mass is 297 g/mol. The van der Waals surface area contributed by atoms with Gasteiger partial charge in [-0.05, 0) is 43.7 Å². The first kappa shape index (κ1) is 15.8. The molecule has 0 amide bonds. The quantitative estimate of drug-likeness (QED) is 0.848. The highest BCUT2D eigenvalue weighted by Crippen LogP contribution is 2.29. The minimum Gasteiger partial charge on any atom is -0.392 e. The molecule has 0 aromatic heterocycles. The number of aliphatic hydroxyl groups is 1. The summed E-state index contributed by atoms with van der Waals surface area (Å²) in [5, 5.41) is 11.1. The number of hydrogen-bond donors (Lipinski definition) is 2. The number of ether oxygens (including phenoxy) is 1. The minimum atomic E-state index is -0.467. The summed E-state index contributed by atoms with van der Waals surface area (Å²) < 4.78 is 5.70. The number of rotatable bonds is 6. The van der Waals surface area contributed by atoms with Gasteiger partial charge in [0.15, 0.2) is 0 Å². The molecule has 0 saturated carbocycles. The topological polar surface area (TPSA) is 55.5 Å². The lowest BCUT2D eigenvalue weighted by Crippen LogP contribution is -2.28. The molecule has 3 unspecified atom stereocenters. The van der Waals surface area contributed by atoms with Crippen LogP contribution in [0.4, 0.5) is 0 Å². The lowest BCUT2D eigenvalue weighted by molar-refractivity contribution is 0.000435. The molecule has 3 N–H and O–H groups in total. The van der Waals surface area contributed by atoms with Crippen molar-refractivity contribution in [2.24, 2.45) is 5.73 Å².